The molecule has 3 N–H and O–H groups in total. The smallest absolute Gasteiger partial charge is 0.334 e. The van der Waals surface area contributed by atoms with Crippen molar-refractivity contribution in [2.75, 3.05) is 19.8 Å². The Morgan fingerprint density at radius 3 is 2.05 bits per heavy atom. The van der Waals surface area contributed by atoms with Gasteiger partial charge in [0.25, 0.3) is 0 Å². The van der Waals surface area contributed by atoms with Crippen LogP contribution in [0.25, 0.3) is 0 Å². The SMILES string of the molecule is CCCCOC(CCCC)C(O)CO.CCOC(=O)C(C)O. The number of aliphatic hydroxyl groups excluding tert-OH is 3. The third-order valence-electron chi connectivity index (χ3n) is 2.92. The van der Waals surface area contributed by atoms with Gasteiger partial charge in [0.1, 0.15) is 12.2 Å². The van der Waals surface area contributed by atoms with E-state index in [1.807, 2.05) is 0 Å². The molecule has 0 aromatic rings. The van der Waals surface area contributed by atoms with Crippen molar-refractivity contribution in [3.05, 3.63) is 0 Å². The molecular formula is C16H34O6. The highest BCUT2D eigenvalue weighted by molar-refractivity contribution is 5.73. The van der Waals surface area contributed by atoms with Gasteiger partial charge in [0.05, 0.1) is 19.3 Å². The van der Waals surface area contributed by atoms with Gasteiger partial charge in [-0.3, -0.25) is 0 Å². The molecule has 0 spiro atoms. The number of carbonyl (C=O) groups is 1. The van der Waals surface area contributed by atoms with E-state index < -0.39 is 18.2 Å². The summed E-state index contributed by atoms with van der Waals surface area (Å²) in [5.41, 5.74) is 0. The molecular weight excluding hydrogens is 288 g/mol. The van der Waals surface area contributed by atoms with Gasteiger partial charge in [-0.1, -0.05) is 33.1 Å². The van der Waals surface area contributed by atoms with Crippen molar-refractivity contribution in [2.24, 2.45) is 0 Å². The zero-order chi connectivity index (χ0) is 17.4. The number of hydrogen-bond acceptors (Lipinski definition) is 6. The van der Waals surface area contributed by atoms with E-state index in [9.17, 15) is 9.90 Å². The second kappa shape index (κ2) is 16.7. The normalized spacial score (nSPS) is 14.5. The maximum atomic E-state index is 10.3. The topological polar surface area (TPSA) is 96.2 Å². The van der Waals surface area contributed by atoms with Crippen LogP contribution in [0.2, 0.25) is 0 Å². The highest BCUT2D eigenvalue weighted by atomic mass is 16.5. The lowest BCUT2D eigenvalue weighted by molar-refractivity contribution is -0.151. The van der Waals surface area contributed by atoms with Crippen molar-refractivity contribution in [1.82, 2.24) is 0 Å². The fourth-order valence-electron chi connectivity index (χ4n) is 1.55. The van der Waals surface area contributed by atoms with E-state index in [2.05, 4.69) is 18.6 Å². The molecule has 6 nitrogen and oxygen atoms in total. The number of carbonyl (C=O) groups excluding carboxylic acids is 1. The second-order valence-corrected chi connectivity index (χ2v) is 5.08. The molecule has 6 heteroatoms. The largest absolute Gasteiger partial charge is 0.464 e. The lowest BCUT2D eigenvalue weighted by atomic mass is 10.1. The molecule has 0 saturated carbocycles. The summed E-state index contributed by atoms with van der Waals surface area (Å²) >= 11 is 0. The highest BCUT2D eigenvalue weighted by Crippen LogP contribution is 2.10. The zero-order valence-electron chi connectivity index (χ0n) is 14.5. The van der Waals surface area contributed by atoms with Crippen LogP contribution in [0, 0.1) is 0 Å². The van der Waals surface area contributed by atoms with Crippen LogP contribution in [0.5, 0.6) is 0 Å². The van der Waals surface area contributed by atoms with Crippen molar-refractivity contribution >= 4 is 5.97 Å². The molecule has 0 aliphatic heterocycles. The van der Waals surface area contributed by atoms with Crippen LogP contribution in [0.15, 0.2) is 0 Å². The molecule has 0 aliphatic rings. The minimum atomic E-state index is -0.991. The van der Waals surface area contributed by atoms with Gasteiger partial charge in [0.15, 0.2) is 0 Å². The Labute approximate surface area is 134 Å². The minimum Gasteiger partial charge on any atom is -0.464 e. The lowest BCUT2D eigenvalue weighted by Gasteiger charge is -2.21. The number of aliphatic hydroxyl groups is 3. The standard InChI is InChI=1S/C11H24O3.C5H10O3/c1-3-5-7-11(10(13)9-12)14-8-6-4-2;1-3-8-5(7)4(2)6/h10-13H,3-9H2,1-2H3;4,6H,3H2,1-2H3. The first-order chi connectivity index (χ1) is 10.4. The van der Waals surface area contributed by atoms with Gasteiger partial charge >= 0.3 is 5.97 Å². The fraction of sp³-hybridized carbons (Fsp3) is 0.938. The third kappa shape index (κ3) is 14.3. The van der Waals surface area contributed by atoms with Crippen molar-refractivity contribution in [1.29, 1.82) is 0 Å². The third-order valence-corrected chi connectivity index (χ3v) is 2.92. The Morgan fingerprint density at radius 1 is 1.09 bits per heavy atom. The monoisotopic (exact) mass is 322 g/mol. The first kappa shape index (κ1) is 23.6. The van der Waals surface area contributed by atoms with E-state index in [-0.39, 0.29) is 12.7 Å². The molecule has 22 heavy (non-hydrogen) atoms. The quantitative estimate of drug-likeness (QED) is 0.395. The Kier molecular flexibility index (Phi) is 17.9. The highest BCUT2D eigenvalue weighted by Gasteiger charge is 2.17. The van der Waals surface area contributed by atoms with Gasteiger partial charge < -0.3 is 24.8 Å². The van der Waals surface area contributed by atoms with Crippen molar-refractivity contribution in [2.45, 2.75) is 78.1 Å². The molecule has 0 aromatic carbocycles. The van der Waals surface area contributed by atoms with E-state index in [4.69, 9.17) is 14.9 Å². The molecule has 0 bridgehead atoms. The van der Waals surface area contributed by atoms with Gasteiger partial charge in [-0.05, 0) is 26.7 Å². The van der Waals surface area contributed by atoms with Gasteiger partial charge in [0.2, 0.25) is 0 Å². The molecule has 0 amide bonds. The maximum Gasteiger partial charge on any atom is 0.334 e. The fourth-order valence-corrected chi connectivity index (χ4v) is 1.55. The summed E-state index contributed by atoms with van der Waals surface area (Å²) in [4.78, 5) is 10.3. The molecule has 0 heterocycles. The van der Waals surface area contributed by atoms with E-state index >= 15 is 0 Å². The molecule has 0 saturated heterocycles. The molecule has 0 fully saturated rings. The Morgan fingerprint density at radius 2 is 1.68 bits per heavy atom. The van der Waals surface area contributed by atoms with Crippen LogP contribution < -0.4 is 0 Å². The van der Waals surface area contributed by atoms with Gasteiger partial charge in [-0.25, -0.2) is 4.79 Å². The zero-order valence-corrected chi connectivity index (χ0v) is 14.5. The summed E-state index contributed by atoms with van der Waals surface area (Å²) in [5.74, 6) is -0.562. The average molecular weight is 322 g/mol. The van der Waals surface area contributed by atoms with Crippen LogP contribution in [-0.2, 0) is 14.3 Å². The van der Waals surface area contributed by atoms with Crippen LogP contribution in [0.3, 0.4) is 0 Å². The van der Waals surface area contributed by atoms with Crippen molar-refractivity contribution in [3.63, 3.8) is 0 Å². The summed E-state index contributed by atoms with van der Waals surface area (Å²) in [7, 11) is 0. The minimum absolute atomic E-state index is 0.188. The Bertz CT molecular complexity index is 245. The van der Waals surface area contributed by atoms with Crippen molar-refractivity contribution < 1.29 is 29.6 Å². The molecule has 134 valence electrons. The molecule has 0 rings (SSSR count). The van der Waals surface area contributed by atoms with Crippen LogP contribution in [-0.4, -0.2) is 59.4 Å². The van der Waals surface area contributed by atoms with E-state index in [1.165, 1.54) is 6.92 Å². The summed E-state index contributed by atoms with van der Waals surface area (Å²) in [6.45, 7) is 8.08. The van der Waals surface area contributed by atoms with E-state index in [0.717, 1.165) is 32.1 Å². The number of unbranched alkanes of at least 4 members (excludes halogenated alkanes) is 2. The van der Waals surface area contributed by atoms with Crippen LogP contribution in [0.4, 0.5) is 0 Å². The summed E-state index contributed by atoms with van der Waals surface area (Å²) in [5, 5.41) is 26.8. The molecule has 0 radical (unpaired) electrons. The average Bonchev–Trinajstić information content (AvgIpc) is 2.50. The lowest BCUT2D eigenvalue weighted by Crippen LogP contribution is -2.32. The number of esters is 1. The van der Waals surface area contributed by atoms with Crippen molar-refractivity contribution in [3.8, 4) is 0 Å². The number of rotatable bonds is 11. The molecule has 0 aliphatic carbocycles. The summed E-state index contributed by atoms with van der Waals surface area (Å²) in [6.07, 6.45) is 3.16. The first-order valence-corrected chi connectivity index (χ1v) is 8.19. The van der Waals surface area contributed by atoms with E-state index in [1.54, 1.807) is 6.92 Å². The molecule has 3 atom stereocenters. The van der Waals surface area contributed by atoms with Crippen LogP contribution >= 0.6 is 0 Å². The van der Waals surface area contributed by atoms with Crippen LogP contribution in [0.1, 0.15) is 59.8 Å². The molecule has 3 unspecified atom stereocenters. The summed E-state index contributed by atoms with van der Waals surface area (Å²) < 4.78 is 9.94. The number of ether oxygens (including phenoxy) is 2. The maximum absolute atomic E-state index is 10.3. The Hall–Kier alpha value is -0.690. The predicted octanol–water partition coefficient (Wildman–Crippen LogP) is 1.65. The summed E-state index contributed by atoms with van der Waals surface area (Å²) in [6, 6.07) is 0. The molecule has 0 aromatic heterocycles. The van der Waals surface area contributed by atoms with Gasteiger partial charge in [-0.2, -0.15) is 0 Å². The predicted molar refractivity (Wildman–Crippen MR) is 85.6 cm³/mol. The number of hydrogen-bond donors (Lipinski definition) is 3. The van der Waals surface area contributed by atoms with E-state index in [0.29, 0.717) is 13.2 Å². The Balaban J connectivity index is 0. The second-order valence-electron chi connectivity index (χ2n) is 5.08. The van der Waals surface area contributed by atoms with Gasteiger partial charge in [-0.15, -0.1) is 0 Å². The first-order valence-electron chi connectivity index (χ1n) is 8.19. The van der Waals surface area contributed by atoms with Gasteiger partial charge in [0, 0.05) is 6.61 Å².